The molecule has 0 unspecified atom stereocenters. The molecule has 1 amide bonds. The summed E-state index contributed by atoms with van der Waals surface area (Å²) in [5.74, 6) is -1.05. The van der Waals surface area contributed by atoms with Crippen molar-refractivity contribution in [1.29, 1.82) is 0 Å². The van der Waals surface area contributed by atoms with Gasteiger partial charge in [0.15, 0.2) is 5.49 Å². The Morgan fingerprint density at radius 2 is 1.81 bits per heavy atom. The second-order valence-corrected chi connectivity index (χ2v) is 7.12. The third-order valence-electron chi connectivity index (χ3n) is 5.00. The summed E-state index contributed by atoms with van der Waals surface area (Å²) in [5.41, 5.74) is 1.52. The van der Waals surface area contributed by atoms with Crippen molar-refractivity contribution in [1.82, 2.24) is 14.0 Å². The van der Waals surface area contributed by atoms with Crippen LogP contribution in [-0.2, 0) is 16.1 Å². The largest absolute Gasteiger partial charge is 0.462 e. The minimum atomic E-state index is -0.656. The molecule has 0 saturated carbocycles. The molecular formula is C24H22N4O4. The van der Waals surface area contributed by atoms with Crippen molar-refractivity contribution < 1.29 is 14.3 Å². The van der Waals surface area contributed by atoms with Gasteiger partial charge in [-0.25, -0.2) is 9.78 Å². The molecule has 4 rings (SSSR count). The number of pyridine rings is 2. The highest BCUT2D eigenvalue weighted by molar-refractivity contribution is 5.93. The molecule has 8 nitrogen and oxygen atoms in total. The number of nitrogens with zero attached hydrogens (tertiary/aromatic N) is 4. The first-order valence-corrected chi connectivity index (χ1v) is 10.4. The molecule has 0 aliphatic heterocycles. The van der Waals surface area contributed by atoms with Crippen LogP contribution in [0.2, 0.25) is 0 Å². The molecule has 162 valence electrons. The Hall–Kier alpha value is -4.07. The molecule has 0 fully saturated rings. The van der Waals surface area contributed by atoms with Crippen molar-refractivity contribution in [2.24, 2.45) is 4.99 Å². The van der Waals surface area contributed by atoms with Crippen molar-refractivity contribution in [3.63, 3.8) is 0 Å². The third kappa shape index (κ3) is 3.94. The lowest BCUT2D eigenvalue weighted by molar-refractivity contribution is -0.117. The van der Waals surface area contributed by atoms with Gasteiger partial charge < -0.3 is 9.30 Å². The number of benzene rings is 1. The zero-order chi connectivity index (χ0) is 22.7. The summed E-state index contributed by atoms with van der Waals surface area (Å²) in [5, 5.41) is 0.232. The number of fused-ring (bicyclic) bond motifs is 2. The number of carbonyl (C=O) groups is 2. The van der Waals surface area contributed by atoms with Crippen molar-refractivity contribution >= 4 is 28.6 Å². The van der Waals surface area contributed by atoms with E-state index in [0.717, 1.165) is 5.56 Å². The van der Waals surface area contributed by atoms with Crippen LogP contribution in [0.15, 0.2) is 70.6 Å². The van der Waals surface area contributed by atoms with Crippen LogP contribution >= 0.6 is 0 Å². The fourth-order valence-electron chi connectivity index (χ4n) is 3.47. The van der Waals surface area contributed by atoms with Crippen LogP contribution in [0.5, 0.6) is 0 Å². The summed E-state index contributed by atoms with van der Waals surface area (Å²) < 4.78 is 8.27. The SMILES string of the molecule is CCOC(=O)c1cc2c(=O)n3ccccc3nc2n(Cc2ccccc2)c1=NC(=O)CC. The monoisotopic (exact) mass is 430 g/mol. The molecule has 4 aromatic rings. The van der Waals surface area contributed by atoms with Crippen LogP contribution in [0.3, 0.4) is 0 Å². The smallest absolute Gasteiger partial charge is 0.341 e. The second-order valence-electron chi connectivity index (χ2n) is 7.12. The highest BCUT2D eigenvalue weighted by Crippen LogP contribution is 2.13. The van der Waals surface area contributed by atoms with Crippen molar-refractivity contribution in [2.75, 3.05) is 6.61 Å². The van der Waals surface area contributed by atoms with E-state index in [1.807, 2.05) is 30.3 Å². The Labute approximate surface area is 183 Å². The fraction of sp³-hybridized carbons (Fsp3) is 0.208. The molecule has 1 aromatic carbocycles. The van der Waals surface area contributed by atoms with Gasteiger partial charge in [0.25, 0.3) is 5.56 Å². The van der Waals surface area contributed by atoms with Gasteiger partial charge in [0.05, 0.1) is 18.5 Å². The Morgan fingerprint density at radius 1 is 1.06 bits per heavy atom. The van der Waals surface area contributed by atoms with Gasteiger partial charge >= 0.3 is 5.97 Å². The van der Waals surface area contributed by atoms with E-state index in [4.69, 9.17) is 4.74 Å². The summed E-state index contributed by atoms with van der Waals surface area (Å²) >= 11 is 0. The van der Waals surface area contributed by atoms with Crippen LogP contribution in [0.1, 0.15) is 36.2 Å². The molecule has 0 bridgehead atoms. The molecule has 0 atom stereocenters. The van der Waals surface area contributed by atoms with Gasteiger partial charge in [0.2, 0.25) is 5.91 Å². The third-order valence-corrected chi connectivity index (χ3v) is 5.00. The molecule has 0 radical (unpaired) electrons. The van der Waals surface area contributed by atoms with Gasteiger partial charge in [0.1, 0.15) is 16.9 Å². The molecule has 0 aliphatic carbocycles. The standard InChI is InChI=1S/C24H22N4O4/c1-3-20(29)26-22-18(24(31)32-4-2)14-17-21(28(22)15-16-10-6-5-7-11-16)25-19-12-8-9-13-27(19)23(17)30/h5-14H,3-4,15H2,1-2H3. The van der Waals surface area contributed by atoms with E-state index in [0.29, 0.717) is 11.3 Å². The fourth-order valence-corrected chi connectivity index (χ4v) is 3.47. The van der Waals surface area contributed by atoms with E-state index in [2.05, 4.69) is 9.98 Å². The van der Waals surface area contributed by atoms with E-state index in [-0.39, 0.29) is 41.6 Å². The lowest BCUT2D eigenvalue weighted by atomic mass is 10.1. The van der Waals surface area contributed by atoms with Gasteiger partial charge in [-0.3, -0.25) is 14.0 Å². The van der Waals surface area contributed by atoms with Gasteiger partial charge in [0, 0.05) is 12.6 Å². The highest BCUT2D eigenvalue weighted by atomic mass is 16.5. The van der Waals surface area contributed by atoms with Gasteiger partial charge in [-0.1, -0.05) is 43.3 Å². The predicted molar refractivity (Wildman–Crippen MR) is 119 cm³/mol. The van der Waals surface area contributed by atoms with Crippen LogP contribution in [0.4, 0.5) is 0 Å². The van der Waals surface area contributed by atoms with Crippen molar-refractivity contribution in [3.8, 4) is 0 Å². The van der Waals surface area contributed by atoms with Gasteiger partial charge in [-0.15, -0.1) is 0 Å². The first kappa shape index (κ1) is 21.2. The van der Waals surface area contributed by atoms with E-state index in [9.17, 15) is 14.4 Å². The average molecular weight is 430 g/mol. The molecule has 3 aromatic heterocycles. The molecule has 0 saturated heterocycles. The Kier molecular flexibility index (Phi) is 5.93. The van der Waals surface area contributed by atoms with E-state index in [1.54, 1.807) is 42.8 Å². The number of carbonyl (C=O) groups excluding carboxylic acids is 2. The number of hydrogen-bond acceptors (Lipinski definition) is 5. The topological polar surface area (TPSA) is 95.0 Å². The van der Waals surface area contributed by atoms with E-state index in [1.165, 1.54) is 10.5 Å². The number of ether oxygens (including phenoxy) is 1. The minimum Gasteiger partial charge on any atom is -0.462 e. The molecular weight excluding hydrogens is 408 g/mol. The predicted octanol–water partition coefficient (Wildman–Crippen LogP) is 2.71. The van der Waals surface area contributed by atoms with E-state index < -0.39 is 11.9 Å². The molecule has 3 heterocycles. The summed E-state index contributed by atoms with van der Waals surface area (Å²) in [6, 6.07) is 16.2. The van der Waals surface area contributed by atoms with Crippen molar-refractivity contribution in [2.45, 2.75) is 26.8 Å². The summed E-state index contributed by atoms with van der Waals surface area (Å²) in [7, 11) is 0. The number of esters is 1. The van der Waals surface area contributed by atoms with Crippen LogP contribution < -0.4 is 11.0 Å². The quantitative estimate of drug-likeness (QED) is 0.358. The van der Waals surface area contributed by atoms with Crippen LogP contribution in [0.25, 0.3) is 16.7 Å². The number of amides is 1. The maximum absolute atomic E-state index is 13.3. The van der Waals surface area contributed by atoms with Gasteiger partial charge in [-0.2, -0.15) is 4.99 Å². The van der Waals surface area contributed by atoms with E-state index >= 15 is 0 Å². The maximum atomic E-state index is 13.3. The zero-order valence-corrected chi connectivity index (χ0v) is 17.8. The zero-order valence-electron chi connectivity index (χ0n) is 17.8. The van der Waals surface area contributed by atoms with Gasteiger partial charge in [-0.05, 0) is 30.7 Å². The van der Waals surface area contributed by atoms with Crippen LogP contribution in [-0.4, -0.2) is 32.4 Å². The first-order chi connectivity index (χ1) is 15.5. The van der Waals surface area contributed by atoms with Crippen LogP contribution in [0, 0.1) is 0 Å². The molecule has 0 spiro atoms. The first-order valence-electron chi connectivity index (χ1n) is 10.4. The lowest BCUT2D eigenvalue weighted by Gasteiger charge is -2.15. The Morgan fingerprint density at radius 3 is 2.53 bits per heavy atom. The molecule has 32 heavy (non-hydrogen) atoms. The Balaban J connectivity index is 2.17. The number of aromatic nitrogens is 3. The molecule has 0 aliphatic rings. The highest BCUT2D eigenvalue weighted by Gasteiger charge is 2.20. The number of hydrogen-bond donors (Lipinski definition) is 0. The minimum absolute atomic E-state index is 0.0480. The average Bonchev–Trinajstić information content (AvgIpc) is 2.81. The summed E-state index contributed by atoms with van der Waals surface area (Å²) in [6.07, 6.45) is 1.79. The molecule has 8 heteroatoms. The lowest BCUT2D eigenvalue weighted by Crippen LogP contribution is -2.33. The van der Waals surface area contributed by atoms with Crippen molar-refractivity contribution in [3.05, 3.63) is 87.8 Å². The summed E-state index contributed by atoms with van der Waals surface area (Å²) in [4.78, 5) is 47.3. The maximum Gasteiger partial charge on any atom is 0.341 e. The Bertz CT molecular complexity index is 1450. The normalized spacial score (nSPS) is 11.8. The summed E-state index contributed by atoms with van der Waals surface area (Å²) in [6.45, 7) is 3.78. The molecule has 0 N–H and O–H groups in total. The second kappa shape index (κ2) is 8.97. The number of rotatable bonds is 5.